The third-order valence-corrected chi connectivity index (χ3v) is 2.07. The van der Waals surface area contributed by atoms with Gasteiger partial charge in [0.05, 0.1) is 5.56 Å². The van der Waals surface area contributed by atoms with E-state index in [0.29, 0.717) is 0 Å². The van der Waals surface area contributed by atoms with E-state index in [0.717, 1.165) is 12.1 Å². The topological polar surface area (TPSA) is 29.1 Å². The van der Waals surface area contributed by atoms with Gasteiger partial charge in [-0.05, 0) is 17.7 Å². The Bertz CT molecular complexity index is 466. The minimum atomic E-state index is -4.72. The number of alkyl halides is 3. The first-order chi connectivity index (χ1) is 8.30. The Labute approximate surface area is 101 Å². The largest absolute Gasteiger partial charge is 0.419 e. The zero-order valence-electron chi connectivity index (χ0n) is 9.51. The smallest absolute Gasteiger partial charge is 0.353 e. The highest BCUT2D eigenvalue weighted by atomic mass is 19.4. The molecule has 0 heterocycles. The first kappa shape index (κ1) is 14.2. The average Bonchev–Trinajstić information content (AvgIpc) is 2.24. The molecule has 98 valence electrons. The van der Waals surface area contributed by atoms with Crippen LogP contribution in [0.25, 0.3) is 6.08 Å². The molecule has 0 saturated heterocycles. The Morgan fingerprint density at radius 3 is 2.61 bits per heavy atom. The standard InChI is InChI=1S/C12H11F4NO/c1-8(18)17-6-2-3-9-4-5-11(13)10(7-9)12(14,15)16/h2-5,7H,6H2,1H3,(H,17,18). The Morgan fingerprint density at radius 1 is 1.39 bits per heavy atom. The minimum absolute atomic E-state index is 0.202. The van der Waals surface area contributed by atoms with Gasteiger partial charge in [0.25, 0.3) is 0 Å². The van der Waals surface area contributed by atoms with Crippen LogP contribution in [-0.2, 0) is 11.0 Å². The van der Waals surface area contributed by atoms with Crippen molar-refractivity contribution in [2.24, 2.45) is 0 Å². The maximum absolute atomic E-state index is 13.0. The Morgan fingerprint density at radius 2 is 2.06 bits per heavy atom. The third kappa shape index (κ3) is 4.20. The molecule has 18 heavy (non-hydrogen) atoms. The van der Waals surface area contributed by atoms with E-state index in [1.807, 2.05) is 0 Å². The first-order valence-electron chi connectivity index (χ1n) is 5.08. The van der Waals surface area contributed by atoms with Gasteiger partial charge in [-0.1, -0.05) is 18.2 Å². The van der Waals surface area contributed by atoms with Crippen LogP contribution in [-0.4, -0.2) is 12.5 Å². The molecular formula is C12H11F4NO. The molecule has 1 rings (SSSR count). The van der Waals surface area contributed by atoms with Crippen LogP contribution in [0.2, 0.25) is 0 Å². The summed E-state index contributed by atoms with van der Waals surface area (Å²) < 4.78 is 50.2. The number of hydrogen-bond donors (Lipinski definition) is 1. The van der Waals surface area contributed by atoms with Crippen molar-refractivity contribution in [1.82, 2.24) is 5.32 Å². The van der Waals surface area contributed by atoms with Crippen molar-refractivity contribution in [1.29, 1.82) is 0 Å². The molecule has 6 heteroatoms. The molecule has 0 aliphatic carbocycles. The maximum Gasteiger partial charge on any atom is 0.419 e. The third-order valence-electron chi connectivity index (χ3n) is 2.07. The van der Waals surface area contributed by atoms with Gasteiger partial charge in [0, 0.05) is 13.5 Å². The summed E-state index contributed by atoms with van der Waals surface area (Å²) in [5, 5.41) is 2.45. The van der Waals surface area contributed by atoms with Crippen molar-refractivity contribution < 1.29 is 22.4 Å². The van der Waals surface area contributed by atoms with E-state index in [4.69, 9.17) is 0 Å². The lowest BCUT2D eigenvalue weighted by Crippen LogP contribution is -2.19. The highest BCUT2D eigenvalue weighted by molar-refractivity contribution is 5.73. The molecule has 0 atom stereocenters. The van der Waals surface area contributed by atoms with Gasteiger partial charge in [-0.25, -0.2) is 4.39 Å². The van der Waals surface area contributed by atoms with Crippen molar-refractivity contribution in [3.63, 3.8) is 0 Å². The van der Waals surface area contributed by atoms with E-state index >= 15 is 0 Å². The van der Waals surface area contributed by atoms with Crippen molar-refractivity contribution >= 4 is 12.0 Å². The molecule has 2 nitrogen and oxygen atoms in total. The van der Waals surface area contributed by atoms with Crippen molar-refractivity contribution in [2.45, 2.75) is 13.1 Å². The molecule has 0 aliphatic rings. The highest BCUT2D eigenvalue weighted by Crippen LogP contribution is 2.32. The predicted octanol–water partition coefficient (Wildman–Crippen LogP) is 2.99. The van der Waals surface area contributed by atoms with Crippen molar-refractivity contribution in [3.8, 4) is 0 Å². The summed E-state index contributed by atoms with van der Waals surface area (Å²) in [6.07, 6.45) is -1.86. The SMILES string of the molecule is CC(=O)NCC=Cc1ccc(F)c(C(F)(F)F)c1. The molecule has 1 aromatic rings. The number of benzene rings is 1. The van der Waals surface area contributed by atoms with Crippen molar-refractivity contribution in [2.75, 3.05) is 6.54 Å². The van der Waals surface area contributed by atoms with Crippen LogP contribution >= 0.6 is 0 Å². The molecule has 1 aromatic carbocycles. The lowest BCUT2D eigenvalue weighted by molar-refractivity contribution is -0.140. The van der Waals surface area contributed by atoms with Crippen molar-refractivity contribution in [3.05, 3.63) is 41.2 Å². The van der Waals surface area contributed by atoms with Crippen LogP contribution < -0.4 is 5.32 Å². The number of nitrogens with one attached hydrogen (secondary N) is 1. The van der Waals surface area contributed by atoms with E-state index in [1.54, 1.807) is 0 Å². The number of carbonyl (C=O) groups is 1. The molecule has 0 spiro atoms. The first-order valence-corrected chi connectivity index (χ1v) is 5.08. The summed E-state index contributed by atoms with van der Waals surface area (Å²) >= 11 is 0. The van der Waals surface area contributed by atoms with Crippen LogP contribution in [0.3, 0.4) is 0 Å². The number of carbonyl (C=O) groups excluding carboxylic acids is 1. The van der Waals surface area contributed by atoms with Crippen LogP contribution in [0.5, 0.6) is 0 Å². The van der Waals surface area contributed by atoms with Crippen LogP contribution in [0.4, 0.5) is 17.6 Å². The zero-order valence-corrected chi connectivity index (χ0v) is 9.51. The second-order valence-electron chi connectivity index (χ2n) is 3.58. The van der Waals surface area contributed by atoms with Gasteiger partial charge in [0.1, 0.15) is 5.82 Å². The Kier molecular flexibility index (Phi) is 4.47. The lowest BCUT2D eigenvalue weighted by atomic mass is 10.1. The van der Waals surface area contributed by atoms with Crippen LogP contribution in [0.1, 0.15) is 18.1 Å². The van der Waals surface area contributed by atoms with E-state index in [9.17, 15) is 22.4 Å². The molecule has 1 amide bonds. The monoisotopic (exact) mass is 261 g/mol. The summed E-state index contributed by atoms with van der Waals surface area (Å²) in [5.41, 5.74) is -1.08. The number of hydrogen-bond acceptors (Lipinski definition) is 1. The molecular weight excluding hydrogens is 250 g/mol. The van der Waals surface area contributed by atoms with E-state index < -0.39 is 17.6 Å². The van der Waals surface area contributed by atoms with Gasteiger partial charge in [-0.2, -0.15) is 13.2 Å². The molecule has 0 radical (unpaired) electrons. The maximum atomic E-state index is 13.0. The molecule has 0 unspecified atom stereocenters. The molecule has 0 aliphatic heterocycles. The van der Waals surface area contributed by atoms with Gasteiger partial charge in [0.15, 0.2) is 0 Å². The summed E-state index contributed by atoms with van der Waals surface area (Å²) in [5.74, 6) is -1.55. The fraction of sp³-hybridized carbons (Fsp3) is 0.250. The summed E-state index contributed by atoms with van der Waals surface area (Å²) in [6, 6.07) is 2.72. The van der Waals surface area contributed by atoms with Crippen LogP contribution in [0, 0.1) is 5.82 Å². The molecule has 0 fully saturated rings. The van der Waals surface area contributed by atoms with Gasteiger partial charge >= 0.3 is 6.18 Å². The fourth-order valence-corrected chi connectivity index (χ4v) is 1.26. The van der Waals surface area contributed by atoms with Crippen LogP contribution in [0.15, 0.2) is 24.3 Å². The van der Waals surface area contributed by atoms with Gasteiger partial charge < -0.3 is 5.32 Å². The number of halogens is 4. The fourth-order valence-electron chi connectivity index (χ4n) is 1.26. The average molecular weight is 261 g/mol. The number of amides is 1. The van der Waals surface area contributed by atoms with Gasteiger partial charge in [0.2, 0.25) is 5.91 Å². The minimum Gasteiger partial charge on any atom is -0.353 e. The summed E-state index contributed by atoms with van der Waals surface area (Å²) in [7, 11) is 0. The molecule has 0 bridgehead atoms. The quantitative estimate of drug-likeness (QED) is 0.833. The molecule has 1 N–H and O–H groups in total. The highest BCUT2D eigenvalue weighted by Gasteiger charge is 2.33. The lowest BCUT2D eigenvalue weighted by Gasteiger charge is -2.08. The number of rotatable bonds is 3. The second-order valence-corrected chi connectivity index (χ2v) is 3.58. The summed E-state index contributed by atoms with van der Waals surface area (Å²) in [6.45, 7) is 1.53. The molecule has 0 saturated carbocycles. The van der Waals surface area contributed by atoms with E-state index in [-0.39, 0.29) is 18.0 Å². The van der Waals surface area contributed by atoms with E-state index in [2.05, 4.69) is 5.32 Å². The predicted molar refractivity (Wildman–Crippen MR) is 59.1 cm³/mol. The van der Waals surface area contributed by atoms with Gasteiger partial charge in [-0.3, -0.25) is 4.79 Å². The molecule has 0 aromatic heterocycles. The Hall–Kier alpha value is -1.85. The van der Waals surface area contributed by atoms with E-state index in [1.165, 1.54) is 25.1 Å². The zero-order chi connectivity index (χ0) is 13.8. The Balaban J connectivity index is 2.83. The summed E-state index contributed by atoms with van der Waals surface area (Å²) in [4.78, 5) is 10.5. The second kappa shape index (κ2) is 5.66. The van der Waals surface area contributed by atoms with Gasteiger partial charge in [-0.15, -0.1) is 0 Å². The normalized spacial score (nSPS) is 11.8.